The van der Waals surface area contributed by atoms with Gasteiger partial charge in [-0.15, -0.1) is 11.3 Å². The van der Waals surface area contributed by atoms with Crippen LogP contribution in [0.2, 0.25) is 0 Å². The van der Waals surface area contributed by atoms with Gasteiger partial charge in [0.05, 0.1) is 25.5 Å². The second-order valence-corrected chi connectivity index (χ2v) is 7.92. The lowest BCUT2D eigenvalue weighted by molar-refractivity contribution is 0.103. The van der Waals surface area contributed by atoms with Gasteiger partial charge in [-0.25, -0.2) is 9.78 Å². The van der Waals surface area contributed by atoms with Crippen LogP contribution in [0.15, 0.2) is 40.1 Å². The lowest BCUT2D eigenvalue weighted by Gasteiger charge is -2.31. The minimum atomic E-state index is -1.01. The average molecular weight is 393 g/mol. The van der Waals surface area contributed by atoms with Gasteiger partial charge in [-0.3, -0.25) is 4.90 Å². The zero-order chi connectivity index (χ0) is 18.5. The van der Waals surface area contributed by atoms with Gasteiger partial charge in [0.25, 0.3) is 0 Å². The molecule has 1 aromatic heterocycles. The smallest absolute Gasteiger partial charge is 0.407 e. The number of carboxylic acid groups (broad SMARTS) is 1. The van der Waals surface area contributed by atoms with Gasteiger partial charge in [0.15, 0.2) is 4.34 Å². The molecule has 1 amide bonds. The zero-order valence-electron chi connectivity index (χ0n) is 14.3. The Morgan fingerprint density at radius 3 is 2.85 bits per heavy atom. The average Bonchev–Trinajstić information content (AvgIpc) is 3.15. The van der Waals surface area contributed by atoms with Crippen molar-refractivity contribution in [1.29, 1.82) is 0 Å². The number of carbonyl (C=O) groups is 1. The summed E-state index contributed by atoms with van der Waals surface area (Å²) in [5, 5.41) is 20.6. The first kappa shape index (κ1) is 18.8. The van der Waals surface area contributed by atoms with Crippen molar-refractivity contribution >= 4 is 34.8 Å². The predicted octanol–water partition coefficient (Wildman–Crippen LogP) is 3.57. The summed E-state index contributed by atoms with van der Waals surface area (Å²) in [6, 6.07) is 7.55. The molecular weight excluding hydrogens is 372 g/mol. The summed E-state index contributed by atoms with van der Waals surface area (Å²) < 4.78 is 6.13. The molecule has 2 aromatic rings. The number of aromatic nitrogens is 1. The molecule has 1 aromatic carbocycles. The van der Waals surface area contributed by atoms with Crippen LogP contribution in [0.5, 0.6) is 5.75 Å². The summed E-state index contributed by atoms with van der Waals surface area (Å²) in [6.45, 7) is 0.0919. The Balaban J connectivity index is 1.63. The fourth-order valence-electron chi connectivity index (χ4n) is 2.75. The third-order valence-electron chi connectivity index (χ3n) is 4.22. The maximum Gasteiger partial charge on any atom is 0.407 e. The highest BCUT2D eigenvalue weighted by molar-refractivity contribution is 8.00. The first-order valence-electron chi connectivity index (χ1n) is 8.11. The van der Waals surface area contributed by atoms with Gasteiger partial charge in [0, 0.05) is 17.7 Å². The molecule has 1 atom stereocenters. The van der Waals surface area contributed by atoms with Crippen molar-refractivity contribution in [3.8, 4) is 5.75 Å². The SMILES string of the molecule is COc1ccc(CSc2nc(C3=CCN(C(=O)O)[C@H](CO)C3)cs2)cc1. The molecule has 0 fully saturated rings. The fraction of sp³-hybridized carbons (Fsp3) is 0.333. The van der Waals surface area contributed by atoms with Crippen LogP contribution in [0.3, 0.4) is 0 Å². The molecule has 6 nitrogen and oxygen atoms in total. The summed E-state index contributed by atoms with van der Waals surface area (Å²) in [4.78, 5) is 17.1. The topological polar surface area (TPSA) is 82.9 Å². The number of benzene rings is 1. The van der Waals surface area contributed by atoms with Crippen molar-refractivity contribution in [3.05, 3.63) is 47.0 Å². The van der Waals surface area contributed by atoms with E-state index in [0.29, 0.717) is 6.42 Å². The molecule has 8 heteroatoms. The number of thioether (sulfide) groups is 1. The van der Waals surface area contributed by atoms with Gasteiger partial charge < -0.3 is 14.9 Å². The number of aliphatic hydroxyl groups excluding tert-OH is 1. The Kier molecular flexibility index (Phi) is 6.18. The van der Waals surface area contributed by atoms with Crippen molar-refractivity contribution in [1.82, 2.24) is 9.88 Å². The molecule has 0 saturated carbocycles. The van der Waals surface area contributed by atoms with Crippen molar-refractivity contribution in [3.63, 3.8) is 0 Å². The van der Waals surface area contributed by atoms with Crippen LogP contribution in [0.4, 0.5) is 4.79 Å². The van der Waals surface area contributed by atoms with Crippen molar-refractivity contribution in [2.45, 2.75) is 22.6 Å². The lowest BCUT2D eigenvalue weighted by Crippen LogP contribution is -2.44. The number of nitrogens with zero attached hydrogens (tertiary/aromatic N) is 2. The zero-order valence-corrected chi connectivity index (χ0v) is 15.9. The van der Waals surface area contributed by atoms with Crippen LogP contribution in [0.1, 0.15) is 17.7 Å². The number of ether oxygens (including phenoxy) is 1. The maximum absolute atomic E-state index is 11.2. The van der Waals surface area contributed by atoms with E-state index in [1.807, 2.05) is 35.7 Å². The number of methoxy groups -OCH3 is 1. The standard InChI is InChI=1S/C18H20N2O4S2/c1-24-15-4-2-12(3-5-15)10-25-17-19-16(11-26-17)13-6-7-20(18(22)23)14(8-13)9-21/h2-6,11,14,21H,7-10H2,1H3,(H,22,23)/t14-/m0/s1. The van der Waals surface area contributed by atoms with Gasteiger partial charge in [0.2, 0.25) is 0 Å². The predicted molar refractivity (Wildman–Crippen MR) is 103 cm³/mol. The highest BCUT2D eigenvalue weighted by Crippen LogP contribution is 2.32. The van der Waals surface area contributed by atoms with Crippen molar-refractivity contribution in [2.75, 3.05) is 20.3 Å². The highest BCUT2D eigenvalue weighted by atomic mass is 32.2. The molecule has 0 radical (unpaired) electrons. The summed E-state index contributed by atoms with van der Waals surface area (Å²) in [5.41, 5.74) is 3.06. The molecule has 3 rings (SSSR count). The first-order chi connectivity index (χ1) is 12.6. The second kappa shape index (κ2) is 8.57. The van der Waals surface area contributed by atoms with Crippen LogP contribution < -0.4 is 4.74 Å². The summed E-state index contributed by atoms with van der Waals surface area (Å²) in [7, 11) is 1.65. The van der Waals surface area contributed by atoms with Crippen molar-refractivity contribution < 1.29 is 19.7 Å². The molecule has 138 valence electrons. The van der Waals surface area contributed by atoms with Crippen LogP contribution in [0.25, 0.3) is 5.57 Å². The largest absolute Gasteiger partial charge is 0.497 e. The fourth-order valence-corrected chi connectivity index (χ4v) is 4.56. The Morgan fingerprint density at radius 1 is 1.42 bits per heavy atom. The van der Waals surface area contributed by atoms with E-state index in [4.69, 9.17) is 4.74 Å². The second-order valence-electron chi connectivity index (χ2n) is 5.84. The molecule has 2 heterocycles. The molecule has 1 aliphatic heterocycles. The molecule has 0 aliphatic carbocycles. The van der Waals surface area contributed by atoms with E-state index in [0.717, 1.165) is 27.1 Å². The third kappa shape index (κ3) is 4.38. The van der Waals surface area contributed by atoms with Crippen LogP contribution in [0, 0.1) is 0 Å². The molecular formula is C18H20N2O4S2. The number of hydrogen-bond acceptors (Lipinski definition) is 6. The van der Waals surface area contributed by atoms with E-state index < -0.39 is 12.1 Å². The number of hydrogen-bond donors (Lipinski definition) is 2. The molecule has 0 spiro atoms. The minimum absolute atomic E-state index is 0.188. The molecule has 0 bridgehead atoms. The lowest BCUT2D eigenvalue weighted by atomic mass is 9.99. The van der Waals surface area contributed by atoms with Gasteiger partial charge >= 0.3 is 6.09 Å². The van der Waals surface area contributed by atoms with Gasteiger partial charge in [-0.2, -0.15) is 0 Å². The molecule has 26 heavy (non-hydrogen) atoms. The highest BCUT2D eigenvalue weighted by Gasteiger charge is 2.27. The van der Waals surface area contributed by atoms with E-state index in [9.17, 15) is 15.0 Å². The number of rotatable bonds is 6. The van der Waals surface area contributed by atoms with E-state index in [1.54, 1.807) is 30.2 Å². The van der Waals surface area contributed by atoms with E-state index in [-0.39, 0.29) is 13.2 Å². The molecule has 2 N–H and O–H groups in total. The van der Waals surface area contributed by atoms with Crippen LogP contribution >= 0.6 is 23.1 Å². The van der Waals surface area contributed by atoms with Crippen LogP contribution in [-0.2, 0) is 5.75 Å². The number of amides is 1. The maximum atomic E-state index is 11.2. The molecule has 0 saturated heterocycles. The number of aliphatic hydroxyl groups is 1. The summed E-state index contributed by atoms with van der Waals surface area (Å²) in [6.07, 6.45) is 1.36. The molecule has 0 unspecified atom stereocenters. The van der Waals surface area contributed by atoms with E-state index in [1.165, 1.54) is 10.5 Å². The van der Waals surface area contributed by atoms with Crippen molar-refractivity contribution in [2.24, 2.45) is 0 Å². The van der Waals surface area contributed by atoms with Gasteiger partial charge in [-0.1, -0.05) is 30.0 Å². The number of thiazole rings is 1. The Morgan fingerprint density at radius 2 is 2.19 bits per heavy atom. The monoisotopic (exact) mass is 392 g/mol. The van der Waals surface area contributed by atoms with E-state index in [2.05, 4.69) is 4.98 Å². The quantitative estimate of drug-likeness (QED) is 0.732. The van der Waals surface area contributed by atoms with Gasteiger partial charge in [-0.05, 0) is 29.7 Å². The normalized spacial score (nSPS) is 17.1. The Hall–Kier alpha value is -2.03. The Bertz CT molecular complexity index is 789. The molecule has 1 aliphatic rings. The Labute approximate surface area is 160 Å². The third-order valence-corrected chi connectivity index (χ3v) is 6.31. The first-order valence-corrected chi connectivity index (χ1v) is 9.98. The minimum Gasteiger partial charge on any atom is -0.497 e. The summed E-state index contributed by atoms with van der Waals surface area (Å²) >= 11 is 3.25. The van der Waals surface area contributed by atoms with E-state index >= 15 is 0 Å². The van der Waals surface area contributed by atoms with Gasteiger partial charge in [0.1, 0.15) is 5.75 Å². The van der Waals surface area contributed by atoms with Crippen LogP contribution in [-0.4, -0.2) is 52.5 Å². The summed E-state index contributed by atoms with van der Waals surface area (Å²) in [5.74, 6) is 1.66.